The van der Waals surface area contributed by atoms with Gasteiger partial charge in [-0.15, -0.1) is 0 Å². The molecule has 2 atom stereocenters. The summed E-state index contributed by atoms with van der Waals surface area (Å²) < 4.78 is 0. The highest BCUT2D eigenvalue weighted by Gasteiger charge is 2.42. The molecule has 2 fully saturated rings. The van der Waals surface area contributed by atoms with Crippen molar-refractivity contribution in [2.45, 2.75) is 50.8 Å². The maximum absolute atomic E-state index is 9.70. The highest BCUT2D eigenvalue weighted by atomic mass is 16.3. The van der Waals surface area contributed by atoms with Crippen LogP contribution in [0.2, 0.25) is 0 Å². The smallest absolute Gasteiger partial charge is 0.0570 e. The molecule has 4 nitrogen and oxygen atoms in total. The van der Waals surface area contributed by atoms with Crippen LogP contribution < -0.4 is 0 Å². The van der Waals surface area contributed by atoms with Crippen molar-refractivity contribution < 1.29 is 15.3 Å². The predicted molar refractivity (Wildman–Crippen MR) is 61.0 cm³/mol. The largest absolute Gasteiger partial charge is 0.396 e. The second kappa shape index (κ2) is 4.61. The van der Waals surface area contributed by atoms with E-state index in [-0.39, 0.29) is 19.3 Å². The van der Waals surface area contributed by atoms with Gasteiger partial charge < -0.3 is 15.3 Å². The van der Waals surface area contributed by atoms with Crippen molar-refractivity contribution in [2.75, 3.05) is 19.8 Å². The van der Waals surface area contributed by atoms with Crippen LogP contribution in [-0.4, -0.2) is 58.2 Å². The summed E-state index contributed by atoms with van der Waals surface area (Å²) in [6.07, 6.45) is 3.85. The van der Waals surface area contributed by atoms with Gasteiger partial charge >= 0.3 is 0 Å². The maximum Gasteiger partial charge on any atom is 0.0570 e. The second-order valence-corrected chi connectivity index (χ2v) is 5.81. The molecule has 0 spiro atoms. The summed E-state index contributed by atoms with van der Waals surface area (Å²) in [6.45, 7) is 2.68. The van der Waals surface area contributed by atoms with Crippen LogP contribution in [0.5, 0.6) is 0 Å². The van der Waals surface area contributed by atoms with Crippen LogP contribution in [0.3, 0.4) is 0 Å². The average molecular weight is 229 g/mol. The van der Waals surface area contributed by atoms with Gasteiger partial charge in [-0.2, -0.15) is 0 Å². The fourth-order valence-electron chi connectivity index (χ4n) is 3.09. The van der Waals surface area contributed by atoms with Crippen molar-refractivity contribution in [1.29, 1.82) is 0 Å². The summed E-state index contributed by atoms with van der Waals surface area (Å²) in [4.78, 5) is 2.39. The summed E-state index contributed by atoms with van der Waals surface area (Å²) in [5, 5.41) is 28.3. The van der Waals surface area contributed by atoms with E-state index < -0.39 is 5.41 Å². The van der Waals surface area contributed by atoms with Crippen LogP contribution in [0.25, 0.3) is 0 Å². The first-order valence-corrected chi connectivity index (χ1v) is 6.23. The minimum Gasteiger partial charge on any atom is -0.396 e. The van der Waals surface area contributed by atoms with Gasteiger partial charge in [0.15, 0.2) is 0 Å². The number of aliphatic hydroxyl groups is 3. The number of hydrogen-bond acceptors (Lipinski definition) is 4. The molecule has 2 heterocycles. The quantitative estimate of drug-likeness (QED) is 0.633. The molecule has 2 aliphatic heterocycles. The van der Waals surface area contributed by atoms with E-state index >= 15 is 0 Å². The van der Waals surface area contributed by atoms with Crippen molar-refractivity contribution in [3.8, 4) is 0 Å². The minimum atomic E-state index is -0.414. The van der Waals surface area contributed by atoms with Gasteiger partial charge in [-0.1, -0.05) is 6.92 Å². The lowest BCUT2D eigenvalue weighted by Gasteiger charge is -2.41. The van der Waals surface area contributed by atoms with Crippen molar-refractivity contribution in [3.05, 3.63) is 0 Å². The molecule has 0 aromatic carbocycles. The standard InChI is InChI=1S/C12H23NO3/c1-12(7-14,8-15)6-13-9-2-3-10(13)5-11(16)4-9/h9-11,14-16H,2-8H2,1H3. The molecule has 0 amide bonds. The maximum atomic E-state index is 9.70. The number of aliphatic hydroxyl groups excluding tert-OH is 3. The van der Waals surface area contributed by atoms with Gasteiger partial charge in [0.05, 0.1) is 19.3 Å². The Labute approximate surface area is 96.9 Å². The Morgan fingerprint density at radius 1 is 1.12 bits per heavy atom. The monoisotopic (exact) mass is 229 g/mol. The Balaban J connectivity index is 2.01. The van der Waals surface area contributed by atoms with Gasteiger partial charge in [0.1, 0.15) is 0 Å². The van der Waals surface area contributed by atoms with Crippen LogP contribution in [0.1, 0.15) is 32.6 Å². The zero-order valence-corrected chi connectivity index (χ0v) is 9.97. The molecule has 2 saturated heterocycles. The van der Waals surface area contributed by atoms with E-state index in [9.17, 15) is 15.3 Å². The molecule has 3 N–H and O–H groups in total. The molecule has 94 valence electrons. The van der Waals surface area contributed by atoms with Crippen LogP contribution in [0.4, 0.5) is 0 Å². The van der Waals surface area contributed by atoms with Gasteiger partial charge in [0.2, 0.25) is 0 Å². The molecule has 2 unspecified atom stereocenters. The molecule has 0 aromatic rings. The molecule has 0 aliphatic carbocycles. The van der Waals surface area contributed by atoms with Gasteiger partial charge in [-0.25, -0.2) is 0 Å². The Hall–Kier alpha value is -0.160. The number of fused-ring (bicyclic) bond motifs is 2. The summed E-state index contributed by atoms with van der Waals surface area (Å²) in [5.74, 6) is 0. The molecular weight excluding hydrogens is 206 g/mol. The fraction of sp³-hybridized carbons (Fsp3) is 1.00. The van der Waals surface area contributed by atoms with E-state index in [1.807, 2.05) is 6.92 Å². The molecular formula is C12H23NO3. The van der Waals surface area contributed by atoms with Crippen LogP contribution in [0.15, 0.2) is 0 Å². The third-order valence-electron chi connectivity index (χ3n) is 4.19. The first kappa shape index (κ1) is 12.3. The van der Waals surface area contributed by atoms with Crippen molar-refractivity contribution in [3.63, 3.8) is 0 Å². The Morgan fingerprint density at radius 2 is 1.62 bits per heavy atom. The number of nitrogens with zero attached hydrogens (tertiary/aromatic N) is 1. The molecule has 0 aromatic heterocycles. The predicted octanol–water partition coefficient (Wildman–Crippen LogP) is -0.0350. The fourth-order valence-corrected chi connectivity index (χ4v) is 3.09. The lowest BCUT2D eigenvalue weighted by atomic mass is 9.89. The third kappa shape index (κ3) is 2.25. The molecule has 2 rings (SSSR count). The van der Waals surface area contributed by atoms with E-state index in [0.29, 0.717) is 12.1 Å². The number of hydrogen-bond donors (Lipinski definition) is 3. The Morgan fingerprint density at radius 3 is 2.06 bits per heavy atom. The lowest BCUT2D eigenvalue weighted by molar-refractivity contribution is -0.0188. The summed E-state index contributed by atoms with van der Waals surface area (Å²) in [6, 6.07) is 0.900. The average Bonchev–Trinajstić information content (AvgIpc) is 2.52. The Bertz CT molecular complexity index is 228. The van der Waals surface area contributed by atoms with E-state index in [4.69, 9.17) is 0 Å². The van der Waals surface area contributed by atoms with E-state index in [2.05, 4.69) is 4.90 Å². The van der Waals surface area contributed by atoms with E-state index in [1.54, 1.807) is 0 Å². The second-order valence-electron chi connectivity index (χ2n) is 5.81. The highest BCUT2D eigenvalue weighted by molar-refractivity contribution is 4.97. The lowest BCUT2D eigenvalue weighted by Crippen LogP contribution is -2.50. The first-order chi connectivity index (χ1) is 7.58. The normalized spacial score (nSPS) is 35.6. The van der Waals surface area contributed by atoms with Crippen LogP contribution >= 0.6 is 0 Å². The first-order valence-electron chi connectivity index (χ1n) is 6.23. The molecule has 0 radical (unpaired) electrons. The number of rotatable bonds is 4. The topological polar surface area (TPSA) is 63.9 Å². The highest BCUT2D eigenvalue weighted by Crippen LogP contribution is 2.37. The molecule has 0 saturated carbocycles. The van der Waals surface area contributed by atoms with Gasteiger partial charge in [0.25, 0.3) is 0 Å². The molecule has 16 heavy (non-hydrogen) atoms. The van der Waals surface area contributed by atoms with Crippen molar-refractivity contribution in [2.24, 2.45) is 5.41 Å². The summed E-state index contributed by atoms with van der Waals surface area (Å²) in [7, 11) is 0. The van der Waals surface area contributed by atoms with Crippen LogP contribution in [-0.2, 0) is 0 Å². The SMILES string of the molecule is CC(CO)(CO)CN1C2CCC1CC(O)C2. The van der Waals surface area contributed by atoms with E-state index in [1.165, 1.54) is 0 Å². The molecule has 2 aliphatic rings. The van der Waals surface area contributed by atoms with Crippen molar-refractivity contribution in [1.82, 2.24) is 4.90 Å². The van der Waals surface area contributed by atoms with E-state index in [0.717, 1.165) is 32.2 Å². The van der Waals surface area contributed by atoms with Gasteiger partial charge in [0, 0.05) is 24.0 Å². The zero-order valence-electron chi connectivity index (χ0n) is 9.97. The summed E-state index contributed by atoms with van der Waals surface area (Å²) >= 11 is 0. The van der Waals surface area contributed by atoms with Gasteiger partial charge in [-0.05, 0) is 25.7 Å². The minimum absolute atomic E-state index is 0.0159. The van der Waals surface area contributed by atoms with Gasteiger partial charge in [-0.3, -0.25) is 4.90 Å². The zero-order chi connectivity index (χ0) is 11.8. The van der Waals surface area contributed by atoms with Crippen LogP contribution in [0, 0.1) is 5.41 Å². The molecule has 4 heteroatoms. The third-order valence-corrected chi connectivity index (χ3v) is 4.19. The molecule has 2 bridgehead atoms. The number of piperidine rings is 1. The van der Waals surface area contributed by atoms with Crippen molar-refractivity contribution >= 4 is 0 Å². The summed E-state index contributed by atoms with van der Waals surface area (Å²) in [5.41, 5.74) is -0.414. The Kier molecular flexibility index (Phi) is 3.54.